The topological polar surface area (TPSA) is 66.9 Å². The summed E-state index contributed by atoms with van der Waals surface area (Å²) in [6.45, 7) is 6.74. The molecule has 0 aliphatic rings. The fourth-order valence-electron chi connectivity index (χ4n) is 2.62. The van der Waals surface area contributed by atoms with Gasteiger partial charge in [-0.3, -0.25) is 14.3 Å². The number of rotatable bonds is 7. The highest BCUT2D eigenvalue weighted by molar-refractivity contribution is 14.1. The summed E-state index contributed by atoms with van der Waals surface area (Å²) in [4.78, 5) is 27.1. The Morgan fingerprint density at radius 1 is 1.29 bits per heavy atom. The zero-order valence-electron chi connectivity index (χ0n) is 14.4. The Morgan fingerprint density at radius 2 is 2.04 bits per heavy atom. The molecule has 1 aromatic heterocycles. The molecule has 2 rings (SSSR count). The number of aromatic nitrogens is 2. The van der Waals surface area contributed by atoms with Crippen molar-refractivity contribution in [1.29, 1.82) is 0 Å². The van der Waals surface area contributed by atoms with Gasteiger partial charge in [-0.05, 0) is 49.4 Å². The van der Waals surface area contributed by atoms with Gasteiger partial charge in [0.2, 0.25) is 0 Å². The average Bonchev–Trinajstić information content (AvgIpc) is 2.51. The van der Waals surface area contributed by atoms with Gasteiger partial charge in [-0.25, -0.2) is 4.79 Å². The van der Waals surface area contributed by atoms with Gasteiger partial charge in [0.15, 0.2) is 0 Å². The lowest BCUT2D eigenvalue weighted by atomic mass is 10.1. The van der Waals surface area contributed by atoms with Crippen LogP contribution in [0.25, 0.3) is 0 Å². The minimum atomic E-state index is -0.367. The van der Waals surface area contributed by atoms with Crippen molar-refractivity contribution in [3.8, 4) is 0 Å². The number of aryl methyl sites for hydroxylation is 2. The summed E-state index contributed by atoms with van der Waals surface area (Å²) >= 11 is 2.34. The maximum atomic E-state index is 12.2. The summed E-state index contributed by atoms with van der Waals surface area (Å²) in [5, 5.41) is 3.12. The fraction of sp³-hybridized carbons (Fsp3) is 0.444. The summed E-state index contributed by atoms with van der Waals surface area (Å²) in [6, 6.07) is 7.47. The number of alkyl halides is 1. The highest BCUT2D eigenvalue weighted by atomic mass is 127. The minimum Gasteiger partial charge on any atom is -0.342 e. The number of anilines is 2. The van der Waals surface area contributed by atoms with Gasteiger partial charge in [-0.2, -0.15) is 0 Å². The molecule has 0 spiro atoms. The second-order valence-corrected chi connectivity index (χ2v) is 8.15. The Labute approximate surface area is 155 Å². The number of halogens is 1. The third-order valence-corrected chi connectivity index (χ3v) is 4.64. The van der Waals surface area contributed by atoms with Gasteiger partial charge in [-0.1, -0.05) is 42.5 Å². The summed E-state index contributed by atoms with van der Waals surface area (Å²) < 4.78 is 1.80. The molecule has 24 heavy (non-hydrogen) atoms. The van der Waals surface area contributed by atoms with Crippen LogP contribution in [0.3, 0.4) is 0 Å². The van der Waals surface area contributed by atoms with Crippen LogP contribution in [0.15, 0.2) is 33.9 Å². The van der Waals surface area contributed by atoms with Gasteiger partial charge in [0.1, 0.15) is 5.82 Å². The van der Waals surface area contributed by atoms with Crippen molar-refractivity contribution in [2.24, 2.45) is 0 Å². The number of benzene rings is 1. The zero-order chi connectivity index (χ0) is 17.7. The van der Waals surface area contributed by atoms with E-state index < -0.39 is 0 Å². The van der Waals surface area contributed by atoms with E-state index in [1.54, 1.807) is 0 Å². The van der Waals surface area contributed by atoms with Crippen LogP contribution in [-0.2, 0) is 13.0 Å². The van der Waals surface area contributed by atoms with Crippen molar-refractivity contribution in [2.45, 2.75) is 50.5 Å². The molecule has 130 valence electrons. The largest absolute Gasteiger partial charge is 0.342 e. The predicted molar refractivity (Wildman–Crippen MR) is 108 cm³/mol. The number of H-pyrrole nitrogens is 1. The van der Waals surface area contributed by atoms with Crippen molar-refractivity contribution in [2.75, 3.05) is 5.32 Å². The number of hydrogen-bond donors (Lipinski definition) is 2. The van der Waals surface area contributed by atoms with Crippen LogP contribution in [-0.4, -0.2) is 13.5 Å². The smallest absolute Gasteiger partial charge is 0.329 e. The second-order valence-electron chi connectivity index (χ2n) is 6.02. The third kappa shape index (κ3) is 4.96. The lowest BCUT2D eigenvalue weighted by Crippen LogP contribution is -2.35. The molecule has 0 amide bonds. The first kappa shape index (κ1) is 18.8. The number of hydrogen-bond acceptors (Lipinski definition) is 3. The lowest BCUT2D eigenvalue weighted by Gasteiger charge is -2.11. The molecule has 5 nitrogen and oxygen atoms in total. The molecule has 6 heteroatoms. The van der Waals surface area contributed by atoms with E-state index in [0.29, 0.717) is 16.3 Å². The first-order valence-electron chi connectivity index (χ1n) is 8.25. The van der Waals surface area contributed by atoms with Gasteiger partial charge in [-0.15, -0.1) is 0 Å². The summed E-state index contributed by atoms with van der Waals surface area (Å²) in [7, 11) is 0. The van der Waals surface area contributed by atoms with E-state index in [1.165, 1.54) is 21.8 Å². The van der Waals surface area contributed by atoms with E-state index in [0.717, 1.165) is 24.9 Å². The highest BCUT2D eigenvalue weighted by Gasteiger charge is 2.06. The molecule has 1 heterocycles. The minimum absolute atomic E-state index is 0.273. The Morgan fingerprint density at radius 3 is 2.67 bits per heavy atom. The van der Waals surface area contributed by atoms with E-state index in [1.807, 2.05) is 18.2 Å². The fourth-order valence-corrected chi connectivity index (χ4v) is 3.06. The molecule has 2 N–H and O–H groups in total. The van der Waals surface area contributed by atoms with Gasteiger partial charge in [0.25, 0.3) is 5.56 Å². The van der Waals surface area contributed by atoms with Crippen molar-refractivity contribution < 1.29 is 0 Å². The first-order valence-corrected chi connectivity index (χ1v) is 9.50. The van der Waals surface area contributed by atoms with Crippen molar-refractivity contribution in [1.82, 2.24) is 9.55 Å². The zero-order valence-corrected chi connectivity index (χ0v) is 16.5. The van der Waals surface area contributed by atoms with E-state index in [-0.39, 0.29) is 11.2 Å². The molecule has 1 aromatic carbocycles. The maximum absolute atomic E-state index is 12.2. The Kier molecular flexibility index (Phi) is 6.65. The molecule has 1 atom stereocenters. The second kappa shape index (κ2) is 8.50. The SMILES string of the molecule is CCc1cc(Nc2cc(=O)n(CCCC(C)I)c(=O)[nH]2)ccc1C. The van der Waals surface area contributed by atoms with E-state index >= 15 is 0 Å². The molecule has 0 radical (unpaired) electrons. The van der Waals surface area contributed by atoms with Crippen molar-refractivity contribution in [3.63, 3.8) is 0 Å². The summed E-state index contributed by atoms with van der Waals surface area (Å²) in [5.74, 6) is 0.425. The quantitative estimate of drug-likeness (QED) is 0.508. The standard InChI is InChI=1S/C18H24IN3O2/c1-4-14-10-15(8-7-12(14)2)20-16-11-17(23)22(18(24)21-16)9-5-6-13(3)19/h7-8,10-11,13,20H,4-6,9H2,1-3H3,(H,21,24). The van der Waals surface area contributed by atoms with Crippen LogP contribution in [0.2, 0.25) is 0 Å². The van der Waals surface area contributed by atoms with Crippen LogP contribution < -0.4 is 16.6 Å². The monoisotopic (exact) mass is 441 g/mol. The molecule has 0 aliphatic carbocycles. The highest BCUT2D eigenvalue weighted by Crippen LogP contribution is 2.18. The van der Waals surface area contributed by atoms with Crippen LogP contribution in [0.5, 0.6) is 0 Å². The van der Waals surface area contributed by atoms with Crippen LogP contribution in [0, 0.1) is 6.92 Å². The Balaban J connectivity index is 2.18. The molecule has 0 saturated carbocycles. The number of aromatic amines is 1. The molecule has 0 aliphatic heterocycles. The van der Waals surface area contributed by atoms with Crippen molar-refractivity contribution >= 4 is 34.1 Å². The lowest BCUT2D eigenvalue weighted by molar-refractivity contribution is 0.572. The van der Waals surface area contributed by atoms with Gasteiger partial charge in [0.05, 0.1) is 0 Å². The van der Waals surface area contributed by atoms with E-state index in [9.17, 15) is 9.59 Å². The van der Waals surface area contributed by atoms with Crippen LogP contribution in [0.4, 0.5) is 11.5 Å². The Bertz CT molecular complexity index is 777. The van der Waals surface area contributed by atoms with Gasteiger partial charge >= 0.3 is 5.69 Å². The molecular weight excluding hydrogens is 417 g/mol. The van der Waals surface area contributed by atoms with Crippen LogP contribution >= 0.6 is 22.6 Å². The third-order valence-electron chi connectivity index (χ3n) is 4.01. The molecule has 0 fully saturated rings. The molecule has 2 aromatic rings. The van der Waals surface area contributed by atoms with Crippen molar-refractivity contribution in [3.05, 3.63) is 56.2 Å². The average molecular weight is 441 g/mol. The molecule has 0 saturated heterocycles. The maximum Gasteiger partial charge on any atom is 0.329 e. The molecular formula is C18H24IN3O2. The van der Waals surface area contributed by atoms with Gasteiger partial charge < -0.3 is 5.32 Å². The van der Waals surface area contributed by atoms with Gasteiger partial charge in [0, 0.05) is 22.2 Å². The normalized spacial score (nSPS) is 12.2. The predicted octanol–water partition coefficient (Wildman–Crippen LogP) is 3.75. The first-order chi connectivity index (χ1) is 11.4. The number of nitrogens with zero attached hydrogens (tertiary/aromatic N) is 1. The molecule has 0 bridgehead atoms. The van der Waals surface area contributed by atoms with E-state index in [2.05, 4.69) is 53.7 Å². The number of nitrogens with one attached hydrogen (secondary N) is 2. The molecule has 1 unspecified atom stereocenters. The van der Waals surface area contributed by atoms with Crippen LogP contribution in [0.1, 0.15) is 37.8 Å². The van der Waals surface area contributed by atoms with E-state index in [4.69, 9.17) is 0 Å². The summed E-state index contributed by atoms with van der Waals surface area (Å²) in [6.07, 6.45) is 2.74. The Hall–Kier alpha value is -1.57. The summed E-state index contributed by atoms with van der Waals surface area (Å²) in [5.41, 5.74) is 2.70.